The maximum Gasteiger partial charge on any atom is 0.224 e. The van der Waals surface area contributed by atoms with Gasteiger partial charge in [-0.2, -0.15) is 0 Å². The second-order valence-electron chi connectivity index (χ2n) is 7.07. The predicted octanol–water partition coefficient (Wildman–Crippen LogP) is 3.91. The molecule has 2 aromatic rings. The van der Waals surface area contributed by atoms with Crippen molar-refractivity contribution in [3.05, 3.63) is 53.6 Å². The van der Waals surface area contributed by atoms with E-state index < -0.39 is 0 Å². The van der Waals surface area contributed by atoms with Crippen LogP contribution in [0.2, 0.25) is 0 Å². The van der Waals surface area contributed by atoms with Crippen LogP contribution in [0, 0.1) is 5.92 Å². The normalized spacial score (nSPS) is 14.4. The molecule has 0 aliphatic carbocycles. The first-order chi connectivity index (χ1) is 13.1. The quantitative estimate of drug-likeness (QED) is 0.839. The summed E-state index contributed by atoms with van der Waals surface area (Å²) in [5, 5.41) is 3.17. The average molecular weight is 369 g/mol. The Morgan fingerprint density at radius 2 is 1.78 bits per heavy atom. The molecule has 1 amide bonds. The minimum Gasteiger partial charge on any atom is -0.497 e. The molecule has 0 fully saturated rings. The number of nitrogens with one attached hydrogen (secondary N) is 1. The van der Waals surface area contributed by atoms with Crippen LogP contribution in [0.5, 0.6) is 17.2 Å². The van der Waals surface area contributed by atoms with Crippen molar-refractivity contribution in [3.8, 4) is 17.2 Å². The van der Waals surface area contributed by atoms with Crippen molar-refractivity contribution in [1.29, 1.82) is 0 Å². The molecule has 1 atom stereocenters. The molecule has 2 aromatic carbocycles. The number of carbonyl (C=O) groups is 1. The number of hydrogen-bond acceptors (Lipinski definition) is 4. The standard InChI is InChI=1S/C22H27NO4/c1-15(2)22(17-7-10-19-20(14-17)27-12-4-11-26-19)23-21(24)13-16-5-8-18(25-3)9-6-16/h5-10,14-15,22H,4,11-13H2,1-3H3,(H,23,24)/t22-/m0/s1. The van der Waals surface area contributed by atoms with Gasteiger partial charge in [0.2, 0.25) is 5.91 Å². The highest BCUT2D eigenvalue weighted by Crippen LogP contribution is 2.34. The molecular weight excluding hydrogens is 342 g/mol. The molecule has 1 heterocycles. The summed E-state index contributed by atoms with van der Waals surface area (Å²) in [5.41, 5.74) is 1.98. The summed E-state index contributed by atoms with van der Waals surface area (Å²) in [6.07, 6.45) is 1.20. The Morgan fingerprint density at radius 3 is 2.44 bits per heavy atom. The monoisotopic (exact) mass is 369 g/mol. The topological polar surface area (TPSA) is 56.8 Å². The summed E-state index contributed by atoms with van der Waals surface area (Å²) < 4.78 is 16.7. The van der Waals surface area contributed by atoms with Gasteiger partial charge in [0.05, 0.1) is 32.8 Å². The van der Waals surface area contributed by atoms with Gasteiger partial charge < -0.3 is 19.5 Å². The summed E-state index contributed by atoms with van der Waals surface area (Å²) in [5.74, 6) is 2.54. The largest absolute Gasteiger partial charge is 0.497 e. The zero-order chi connectivity index (χ0) is 19.2. The number of fused-ring (bicyclic) bond motifs is 1. The van der Waals surface area contributed by atoms with Gasteiger partial charge in [-0.25, -0.2) is 0 Å². The van der Waals surface area contributed by atoms with E-state index in [1.165, 1.54) is 0 Å². The lowest BCUT2D eigenvalue weighted by Crippen LogP contribution is -2.32. The first-order valence-corrected chi connectivity index (χ1v) is 9.38. The van der Waals surface area contributed by atoms with Crippen molar-refractivity contribution in [2.75, 3.05) is 20.3 Å². The van der Waals surface area contributed by atoms with Crippen molar-refractivity contribution in [3.63, 3.8) is 0 Å². The first-order valence-electron chi connectivity index (χ1n) is 9.38. The van der Waals surface area contributed by atoms with Gasteiger partial charge in [-0.05, 0) is 41.3 Å². The van der Waals surface area contributed by atoms with Crippen LogP contribution in [-0.4, -0.2) is 26.2 Å². The van der Waals surface area contributed by atoms with Crippen LogP contribution in [0.25, 0.3) is 0 Å². The highest BCUT2D eigenvalue weighted by molar-refractivity contribution is 5.79. The lowest BCUT2D eigenvalue weighted by atomic mass is 9.95. The van der Waals surface area contributed by atoms with Crippen molar-refractivity contribution in [2.45, 2.75) is 32.7 Å². The Labute approximate surface area is 160 Å². The van der Waals surface area contributed by atoms with E-state index in [0.717, 1.165) is 34.8 Å². The van der Waals surface area contributed by atoms with Crippen LogP contribution in [0.4, 0.5) is 0 Å². The Bertz CT molecular complexity index is 770. The molecule has 0 saturated heterocycles. The van der Waals surface area contributed by atoms with Crippen LogP contribution >= 0.6 is 0 Å². The summed E-state index contributed by atoms with van der Waals surface area (Å²) in [6, 6.07) is 13.4. The number of carbonyl (C=O) groups excluding carboxylic acids is 1. The maximum atomic E-state index is 12.6. The molecule has 1 N–H and O–H groups in total. The van der Waals surface area contributed by atoms with E-state index in [9.17, 15) is 4.79 Å². The lowest BCUT2D eigenvalue weighted by Gasteiger charge is -2.24. The molecule has 0 aromatic heterocycles. The van der Waals surface area contributed by atoms with Gasteiger partial charge in [-0.15, -0.1) is 0 Å². The molecule has 5 heteroatoms. The number of rotatable bonds is 6. The molecule has 0 saturated carbocycles. The average Bonchev–Trinajstić information content (AvgIpc) is 2.91. The summed E-state index contributed by atoms with van der Waals surface area (Å²) in [7, 11) is 1.63. The van der Waals surface area contributed by atoms with Gasteiger partial charge in [-0.1, -0.05) is 32.0 Å². The lowest BCUT2D eigenvalue weighted by molar-refractivity contribution is -0.121. The third kappa shape index (κ3) is 4.94. The Morgan fingerprint density at radius 1 is 1.07 bits per heavy atom. The molecule has 0 bridgehead atoms. The molecular formula is C22H27NO4. The van der Waals surface area contributed by atoms with Gasteiger partial charge in [0.25, 0.3) is 0 Å². The number of ether oxygens (including phenoxy) is 3. The van der Waals surface area contributed by atoms with Crippen LogP contribution in [-0.2, 0) is 11.2 Å². The molecule has 1 aliphatic heterocycles. The van der Waals surface area contributed by atoms with Gasteiger partial charge in [0.15, 0.2) is 11.5 Å². The van der Waals surface area contributed by atoms with Gasteiger partial charge in [0.1, 0.15) is 5.75 Å². The van der Waals surface area contributed by atoms with Crippen LogP contribution in [0.1, 0.15) is 37.4 Å². The molecule has 144 valence electrons. The molecule has 3 rings (SSSR count). The van der Waals surface area contributed by atoms with E-state index in [4.69, 9.17) is 14.2 Å². The number of methoxy groups -OCH3 is 1. The fraction of sp³-hybridized carbons (Fsp3) is 0.409. The Kier molecular flexibility index (Phi) is 6.22. The molecule has 0 radical (unpaired) electrons. The van der Waals surface area contributed by atoms with Crippen LogP contribution in [0.15, 0.2) is 42.5 Å². The van der Waals surface area contributed by atoms with E-state index >= 15 is 0 Å². The third-order valence-electron chi connectivity index (χ3n) is 4.64. The smallest absolute Gasteiger partial charge is 0.224 e. The van der Waals surface area contributed by atoms with E-state index in [1.54, 1.807) is 7.11 Å². The zero-order valence-electron chi connectivity index (χ0n) is 16.2. The second kappa shape index (κ2) is 8.80. The maximum absolute atomic E-state index is 12.6. The third-order valence-corrected chi connectivity index (χ3v) is 4.64. The van der Waals surface area contributed by atoms with Crippen molar-refractivity contribution in [2.24, 2.45) is 5.92 Å². The molecule has 27 heavy (non-hydrogen) atoms. The fourth-order valence-corrected chi connectivity index (χ4v) is 3.16. The van der Waals surface area contributed by atoms with E-state index in [2.05, 4.69) is 19.2 Å². The number of amides is 1. The molecule has 5 nitrogen and oxygen atoms in total. The highest BCUT2D eigenvalue weighted by Gasteiger charge is 2.21. The van der Waals surface area contributed by atoms with Crippen molar-refractivity contribution >= 4 is 5.91 Å². The summed E-state index contributed by atoms with van der Waals surface area (Å²) in [4.78, 5) is 12.6. The van der Waals surface area contributed by atoms with Crippen LogP contribution in [0.3, 0.4) is 0 Å². The fourth-order valence-electron chi connectivity index (χ4n) is 3.16. The number of benzene rings is 2. The van der Waals surface area contributed by atoms with Gasteiger partial charge >= 0.3 is 0 Å². The molecule has 0 spiro atoms. The summed E-state index contributed by atoms with van der Waals surface area (Å²) in [6.45, 7) is 5.51. The zero-order valence-corrected chi connectivity index (χ0v) is 16.2. The predicted molar refractivity (Wildman–Crippen MR) is 104 cm³/mol. The second-order valence-corrected chi connectivity index (χ2v) is 7.07. The Balaban J connectivity index is 1.71. The summed E-state index contributed by atoms with van der Waals surface area (Å²) >= 11 is 0. The number of hydrogen-bond donors (Lipinski definition) is 1. The minimum atomic E-state index is -0.0899. The van der Waals surface area contributed by atoms with Crippen molar-refractivity contribution in [1.82, 2.24) is 5.32 Å². The molecule has 1 aliphatic rings. The first kappa shape index (κ1) is 19.1. The van der Waals surface area contributed by atoms with Gasteiger partial charge in [-0.3, -0.25) is 4.79 Å². The van der Waals surface area contributed by atoms with E-state index in [1.807, 2.05) is 42.5 Å². The van der Waals surface area contributed by atoms with E-state index in [-0.39, 0.29) is 17.9 Å². The van der Waals surface area contributed by atoms with Gasteiger partial charge in [0, 0.05) is 6.42 Å². The highest BCUT2D eigenvalue weighted by atomic mass is 16.5. The molecule has 0 unspecified atom stereocenters. The Hall–Kier alpha value is -2.69. The SMILES string of the molecule is COc1ccc(CC(=O)N[C@H](c2ccc3c(c2)OCCCO3)C(C)C)cc1. The minimum absolute atomic E-state index is 0.00835. The van der Waals surface area contributed by atoms with Crippen molar-refractivity contribution < 1.29 is 19.0 Å². The van der Waals surface area contributed by atoms with E-state index in [0.29, 0.717) is 19.6 Å². The van der Waals surface area contributed by atoms with Crippen LogP contribution < -0.4 is 19.5 Å².